The van der Waals surface area contributed by atoms with Crippen LogP contribution in [0, 0.1) is 0 Å². The van der Waals surface area contributed by atoms with Gasteiger partial charge in [-0.1, -0.05) is 13.8 Å². The fourth-order valence-electron chi connectivity index (χ4n) is 1.70. The van der Waals surface area contributed by atoms with E-state index in [9.17, 15) is 19.5 Å². The molecule has 0 radical (unpaired) electrons. The van der Waals surface area contributed by atoms with Crippen molar-refractivity contribution in [3.63, 3.8) is 0 Å². The molecule has 3 amide bonds. The summed E-state index contributed by atoms with van der Waals surface area (Å²) < 4.78 is 0. The fourth-order valence-corrected chi connectivity index (χ4v) is 1.70. The predicted molar refractivity (Wildman–Crippen MR) is 75.4 cm³/mol. The third kappa shape index (κ3) is 4.40. The van der Waals surface area contributed by atoms with E-state index in [1.165, 1.54) is 9.80 Å². The average Bonchev–Trinajstić information content (AvgIpc) is 2.40. The second-order valence-corrected chi connectivity index (χ2v) is 4.83. The second-order valence-electron chi connectivity index (χ2n) is 4.83. The Kier molecular flexibility index (Phi) is 7.02. The number of nitrogens with one attached hydrogen (secondary N) is 1. The molecule has 0 saturated heterocycles. The van der Waals surface area contributed by atoms with Crippen LogP contribution in [0.25, 0.3) is 0 Å². The van der Waals surface area contributed by atoms with E-state index in [0.29, 0.717) is 6.54 Å². The molecule has 7 nitrogen and oxygen atoms in total. The number of amides is 3. The van der Waals surface area contributed by atoms with Gasteiger partial charge in [0.05, 0.1) is 0 Å². The molecule has 0 atom stereocenters. The van der Waals surface area contributed by atoms with Crippen molar-refractivity contribution in [3.05, 3.63) is 0 Å². The number of hydrogen-bond acceptors (Lipinski definition) is 3. The van der Waals surface area contributed by atoms with Crippen LogP contribution in [0.1, 0.15) is 33.6 Å². The fraction of sp³-hybridized carbons (Fsp3) is 0.769. The number of nitrogens with zero attached hydrogens (tertiary/aromatic N) is 2. The molecular weight excluding hydrogens is 262 g/mol. The molecule has 116 valence electrons. The van der Waals surface area contributed by atoms with Gasteiger partial charge < -0.3 is 20.2 Å². The van der Waals surface area contributed by atoms with Gasteiger partial charge in [0.2, 0.25) is 5.91 Å². The van der Waals surface area contributed by atoms with Crippen molar-refractivity contribution in [1.29, 1.82) is 0 Å². The molecule has 0 aliphatic rings. The van der Waals surface area contributed by atoms with E-state index in [-0.39, 0.29) is 25.3 Å². The summed E-state index contributed by atoms with van der Waals surface area (Å²) in [5.74, 6) is -1.28. The molecule has 7 heteroatoms. The summed E-state index contributed by atoms with van der Waals surface area (Å²) in [4.78, 5) is 37.8. The number of aliphatic carboxylic acids is 1. The molecule has 0 unspecified atom stereocenters. The number of urea groups is 1. The van der Waals surface area contributed by atoms with E-state index in [2.05, 4.69) is 5.32 Å². The largest absolute Gasteiger partial charge is 0.480 e. The lowest BCUT2D eigenvalue weighted by atomic mass is 9.93. The van der Waals surface area contributed by atoms with Gasteiger partial charge in [-0.2, -0.15) is 0 Å². The van der Waals surface area contributed by atoms with Crippen molar-refractivity contribution in [1.82, 2.24) is 15.1 Å². The van der Waals surface area contributed by atoms with Crippen molar-refractivity contribution >= 4 is 17.9 Å². The Bertz CT molecular complexity index is 365. The number of rotatable bonds is 7. The summed E-state index contributed by atoms with van der Waals surface area (Å²) in [5, 5.41) is 11.8. The predicted octanol–water partition coefficient (Wildman–Crippen LogP) is 0.750. The number of carbonyl (C=O) groups excluding carboxylic acids is 2. The van der Waals surface area contributed by atoms with Gasteiger partial charge in [0.15, 0.2) is 0 Å². The molecule has 0 aliphatic carbocycles. The Morgan fingerprint density at radius 3 is 1.90 bits per heavy atom. The minimum atomic E-state index is -1.29. The third-order valence-electron chi connectivity index (χ3n) is 3.46. The number of carboxylic acids is 1. The average molecular weight is 287 g/mol. The van der Waals surface area contributed by atoms with Gasteiger partial charge >= 0.3 is 12.0 Å². The summed E-state index contributed by atoms with van der Waals surface area (Å²) in [7, 11) is 3.21. The first-order chi connectivity index (χ1) is 9.23. The zero-order valence-corrected chi connectivity index (χ0v) is 12.9. The molecule has 2 N–H and O–H groups in total. The first kappa shape index (κ1) is 18.2. The van der Waals surface area contributed by atoms with Crippen molar-refractivity contribution in [2.24, 2.45) is 0 Å². The highest BCUT2D eigenvalue weighted by Gasteiger charge is 2.37. The first-order valence-electron chi connectivity index (χ1n) is 6.74. The molecule has 0 rings (SSSR count). The Morgan fingerprint density at radius 1 is 1.10 bits per heavy atom. The highest BCUT2D eigenvalue weighted by Crippen LogP contribution is 2.16. The highest BCUT2D eigenvalue weighted by molar-refractivity contribution is 5.88. The molecule has 0 bridgehead atoms. The van der Waals surface area contributed by atoms with Gasteiger partial charge in [-0.05, 0) is 19.8 Å². The van der Waals surface area contributed by atoms with Crippen LogP contribution in [0.15, 0.2) is 0 Å². The van der Waals surface area contributed by atoms with Crippen LogP contribution in [0.3, 0.4) is 0 Å². The zero-order valence-electron chi connectivity index (χ0n) is 12.9. The van der Waals surface area contributed by atoms with Gasteiger partial charge in [-0.3, -0.25) is 4.79 Å². The molecule has 0 heterocycles. The minimum Gasteiger partial charge on any atom is -0.480 e. The van der Waals surface area contributed by atoms with Crippen LogP contribution < -0.4 is 5.32 Å². The lowest BCUT2D eigenvalue weighted by Gasteiger charge is -2.31. The molecule has 0 spiro atoms. The highest BCUT2D eigenvalue weighted by atomic mass is 16.4. The van der Waals surface area contributed by atoms with Crippen molar-refractivity contribution in [2.45, 2.75) is 39.2 Å². The maximum absolute atomic E-state index is 12.2. The normalized spacial score (nSPS) is 10.8. The summed E-state index contributed by atoms with van der Waals surface area (Å²) in [6.45, 7) is 5.41. The van der Waals surface area contributed by atoms with Gasteiger partial charge in [-0.25, -0.2) is 9.59 Å². The lowest BCUT2D eigenvalue weighted by molar-refractivity contribution is -0.144. The molecule has 0 aromatic carbocycles. The zero-order chi connectivity index (χ0) is 15.9. The number of carbonyl (C=O) groups is 3. The maximum atomic E-state index is 12.2. The van der Waals surface area contributed by atoms with Gasteiger partial charge in [-0.15, -0.1) is 0 Å². The number of carboxylic acid groups (broad SMARTS) is 1. The van der Waals surface area contributed by atoms with E-state index in [0.717, 1.165) is 0 Å². The van der Waals surface area contributed by atoms with E-state index < -0.39 is 17.5 Å². The quantitative estimate of drug-likeness (QED) is 0.723. The first-order valence-corrected chi connectivity index (χ1v) is 6.74. The summed E-state index contributed by atoms with van der Waals surface area (Å²) >= 11 is 0. The van der Waals surface area contributed by atoms with E-state index in [4.69, 9.17) is 0 Å². The van der Waals surface area contributed by atoms with Crippen LogP contribution in [-0.2, 0) is 9.59 Å². The monoisotopic (exact) mass is 287 g/mol. The molecule has 0 fully saturated rings. The molecule has 0 aromatic rings. The van der Waals surface area contributed by atoms with E-state index in [1.807, 2.05) is 0 Å². The van der Waals surface area contributed by atoms with Gasteiger partial charge in [0.25, 0.3) is 0 Å². The van der Waals surface area contributed by atoms with E-state index >= 15 is 0 Å². The van der Waals surface area contributed by atoms with Crippen LogP contribution >= 0.6 is 0 Å². The Balaban J connectivity index is 4.93. The van der Waals surface area contributed by atoms with Crippen molar-refractivity contribution < 1.29 is 19.5 Å². The lowest BCUT2D eigenvalue weighted by Crippen LogP contribution is -2.58. The standard InChI is InChI=1S/C13H25N3O4/c1-6-13(7-2,11(18)19)14-12(20)16(8-3)9-10(17)15(4)5/h6-9H2,1-5H3,(H,14,20)(H,18,19). The summed E-state index contributed by atoms with van der Waals surface area (Å²) in [5.41, 5.74) is -1.29. The van der Waals surface area contributed by atoms with Crippen LogP contribution in [0.5, 0.6) is 0 Å². The van der Waals surface area contributed by atoms with Crippen LogP contribution in [0.4, 0.5) is 4.79 Å². The second kappa shape index (κ2) is 7.72. The van der Waals surface area contributed by atoms with E-state index in [1.54, 1.807) is 34.9 Å². The molecule has 20 heavy (non-hydrogen) atoms. The molecule has 0 saturated carbocycles. The Hall–Kier alpha value is -1.79. The summed E-state index contributed by atoms with van der Waals surface area (Å²) in [6, 6.07) is -0.534. The van der Waals surface area contributed by atoms with Gasteiger partial charge in [0, 0.05) is 20.6 Å². The van der Waals surface area contributed by atoms with Crippen LogP contribution in [-0.4, -0.2) is 65.5 Å². The number of likely N-dealkylation sites (N-methyl/N-ethyl adjacent to an activating group) is 2. The van der Waals surface area contributed by atoms with Crippen molar-refractivity contribution in [2.75, 3.05) is 27.2 Å². The number of hydrogen-bond donors (Lipinski definition) is 2. The molecule has 0 aliphatic heterocycles. The third-order valence-corrected chi connectivity index (χ3v) is 3.46. The topological polar surface area (TPSA) is 90.0 Å². The smallest absolute Gasteiger partial charge is 0.329 e. The molecule has 0 aromatic heterocycles. The van der Waals surface area contributed by atoms with Gasteiger partial charge in [0.1, 0.15) is 12.1 Å². The Labute approximate surface area is 119 Å². The SMILES string of the molecule is CCN(CC(=O)N(C)C)C(=O)NC(CC)(CC)C(=O)O. The maximum Gasteiger partial charge on any atom is 0.329 e. The minimum absolute atomic E-state index is 0.0710. The van der Waals surface area contributed by atoms with Crippen molar-refractivity contribution in [3.8, 4) is 0 Å². The Morgan fingerprint density at radius 2 is 1.60 bits per heavy atom. The summed E-state index contributed by atoms with van der Waals surface area (Å²) in [6.07, 6.45) is 0.563. The molecular formula is C13H25N3O4. The van der Waals surface area contributed by atoms with Crippen LogP contribution in [0.2, 0.25) is 0 Å².